The van der Waals surface area contributed by atoms with E-state index in [1.807, 2.05) is 0 Å². The monoisotopic (exact) mass is 346 g/mol. The van der Waals surface area contributed by atoms with Gasteiger partial charge in [0.25, 0.3) is 5.91 Å². The summed E-state index contributed by atoms with van der Waals surface area (Å²) in [7, 11) is 0. The first kappa shape index (κ1) is 14.3. The number of halogens is 2. The second-order valence-electron chi connectivity index (χ2n) is 4.49. The fourth-order valence-corrected chi connectivity index (χ4v) is 3.45. The lowest BCUT2D eigenvalue weighted by atomic mass is 10.1. The molecule has 1 fully saturated rings. The molecule has 0 atom stereocenters. The number of carboxylic acids is 1. The van der Waals surface area contributed by atoms with Gasteiger partial charge in [0, 0.05) is 13.1 Å². The minimum atomic E-state index is -1.13. The first-order valence-corrected chi connectivity index (χ1v) is 7.42. The third-order valence-corrected chi connectivity index (χ3v) is 4.63. The van der Waals surface area contributed by atoms with E-state index in [-0.39, 0.29) is 17.6 Å². The summed E-state index contributed by atoms with van der Waals surface area (Å²) in [5, 5.41) is 16.1. The molecule has 10 heteroatoms. The Morgan fingerprint density at radius 1 is 1.38 bits per heavy atom. The summed E-state index contributed by atoms with van der Waals surface area (Å²) in [5.74, 6) is -1.33. The van der Waals surface area contributed by atoms with Crippen LogP contribution in [0.1, 0.15) is 26.9 Å². The number of likely N-dealkylation sites (tertiary alicyclic amines) is 1. The van der Waals surface area contributed by atoms with E-state index >= 15 is 0 Å². The number of carbonyl (C=O) groups is 2. The fraction of sp³-hybridized carbons (Fsp3) is 0.273. The number of rotatable bonds is 3. The zero-order chi connectivity index (χ0) is 15.1. The maximum atomic E-state index is 12.2. The van der Waals surface area contributed by atoms with Crippen LogP contribution in [0.2, 0.25) is 8.67 Å². The van der Waals surface area contributed by atoms with Crippen LogP contribution in [0.25, 0.3) is 0 Å². The van der Waals surface area contributed by atoms with Gasteiger partial charge in [-0.3, -0.25) is 4.79 Å². The third kappa shape index (κ3) is 2.61. The molecular formula is C11H8Cl2N4O3S. The predicted molar refractivity (Wildman–Crippen MR) is 76.3 cm³/mol. The quantitative estimate of drug-likeness (QED) is 0.918. The molecule has 2 aromatic rings. The van der Waals surface area contributed by atoms with E-state index in [2.05, 4.69) is 10.3 Å². The lowest BCUT2D eigenvalue weighted by molar-refractivity contribution is 0.0498. The largest absolute Gasteiger partial charge is 0.476 e. The predicted octanol–water partition coefficient (Wildman–Crippen LogP) is 2.04. The molecule has 0 aliphatic carbocycles. The van der Waals surface area contributed by atoms with Crippen molar-refractivity contribution < 1.29 is 14.7 Å². The van der Waals surface area contributed by atoms with Crippen molar-refractivity contribution in [2.75, 3.05) is 13.1 Å². The van der Waals surface area contributed by atoms with Crippen molar-refractivity contribution in [2.45, 2.75) is 6.04 Å². The van der Waals surface area contributed by atoms with Crippen LogP contribution in [-0.2, 0) is 0 Å². The minimum absolute atomic E-state index is 0.0811. The number of amides is 1. The summed E-state index contributed by atoms with van der Waals surface area (Å²) < 4.78 is 2.28. The molecule has 0 unspecified atom stereocenters. The Bertz CT molecular complexity index is 723. The first-order valence-electron chi connectivity index (χ1n) is 5.85. The highest BCUT2D eigenvalue weighted by molar-refractivity contribution is 7.20. The molecule has 1 saturated heterocycles. The third-order valence-electron chi connectivity index (χ3n) is 3.14. The van der Waals surface area contributed by atoms with Gasteiger partial charge in [0.2, 0.25) is 0 Å². The Balaban J connectivity index is 1.66. The maximum absolute atomic E-state index is 12.2. The Labute approximate surface area is 132 Å². The van der Waals surface area contributed by atoms with Crippen molar-refractivity contribution >= 4 is 46.4 Å². The van der Waals surface area contributed by atoms with Crippen molar-refractivity contribution in [1.29, 1.82) is 0 Å². The number of aromatic carboxylic acids is 1. The van der Waals surface area contributed by atoms with E-state index in [0.29, 0.717) is 27.3 Å². The molecular weight excluding hydrogens is 339 g/mol. The average Bonchev–Trinajstić information content (AvgIpc) is 2.94. The molecule has 0 spiro atoms. The van der Waals surface area contributed by atoms with Gasteiger partial charge < -0.3 is 10.0 Å². The normalized spacial score (nSPS) is 15.0. The van der Waals surface area contributed by atoms with Gasteiger partial charge >= 0.3 is 5.97 Å². The zero-order valence-corrected chi connectivity index (χ0v) is 12.7. The van der Waals surface area contributed by atoms with E-state index < -0.39 is 5.97 Å². The van der Waals surface area contributed by atoms with Crippen molar-refractivity contribution in [2.24, 2.45) is 0 Å². The second kappa shape index (κ2) is 5.28. The second-order valence-corrected chi connectivity index (χ2v) is 6.78. The molecule has 1 N–H and O–H groups in total. The summed E-state index contributed by atoms with van der Waals surface area (Å²) in [4.78, 5) is 24.5. The first-order chi connectivity index (χ1) is 9.95. The minimum Gasteiger partial charge on any atom is -0.476 e. The number of thiophene rings is 1. The Morgan fingerprint density at radius 2 is 2.10 bits per heavy atom. The Kier molecular flexibility index (Phi) is 3.60. The molecule has 0 saturated carbocycles. The highest BCUT2D eigenvalue weighted by Gasteiger charge is 2.34. The molecule has 21 heavy (non-hydrogen) atoms. The lowest BCUT2D eigenvalue weighted by Crippen LogP contribution is -2.50. The molecule has 1 amide bonds. The summed E-state index contributed by atoms with van der Waals surface area (Å²) in [6.45, 7) is 0.843. The summed E-state index contributed by atoms with van der Waals surface area (Å²) >= 11 is 12.9. The van der Waals surface area contributed by atoms with Gasteiger partial charge in [-0.05, 0) is 6.07 Å². The standard InChI is InChI=1S/C11H8Cl2N4O3S/c12-8-1-6(9(13)21-8)10(18)16-2-5(3-16)17-4-7(11(19)20)14-15-17/h1,4-5H,2-3H2,(H,19,20). The number of hydrogen-bond donors (Lipinski definition) is 1. The van der Waals surface area contributed by atoms with Gasteiger partial charge in [0.05, 0.1) is 22.1 Å². The molecule has 1 aliphatic heterocycles. The van der Waals surface area contributed by atoms with Crippen LogP contribution in [0, 0.1) is 0 Å². The maximum Gasteiger partial charge on any atom is 0.358 e. The number of carboxylic acid groups (broad SMARTS) is 1. The van der Waals surface area contributed by atoms with Crippen LogP contribution in [0.3, 0.4) is 0 Å². The molecule has 3 rings (SSSR count). The van der Waals surface area contributed by atoms with Gasteiger partial charge in [-0.1, -0.05) is 28.4 Å². The van der Waals surface area contributed by atoms with Crippen LogP contribution in [0.15, 0.2) is 12.3 Å². The molecule has 1 aliphatic rings. The van der Waals surface area contributed by atoms with Gasteiger partial charge in [-0.25, -0.2) is 9.48 Å². The molecule has 0 radical (unpaired) electrons. The van der Waals surface area contributed by atoms with E-state index in [0.717, 1.165) is 11.3 Å². The Hall–Kier alpha value is -1.64. The molecule has 110 valence electrons. The van der Waals surface area contributed by atoms with Crippen LogP contribution in [0.4, 0.5) is 0 Å². The van der Waals surface area contributed by atoms with Crippen LogP contribution in [0.5, 0.6) is 0 Å². The van der Waals surface area contributed by atoms with Crippen LogP contribution in [-0.4, -0.2) is 50.0 Å². The number of nitrogens with zero attached hydrogens (tertiary/aromatic N) is 4. The van der Waals surface area contributed by atoms with Gasteiger partial charge in [0.1, 0.15) is 4.34 Å². The van der Waals surface area contributed by atoms with Crippen molar-refractivity contribution in [3.05, 3.63) is 32.2 Å². The highest BCUT2D eigenvalue weighted by atomic mass is 35.5. The van der Waals surface area contributed by atoms with Crippen molar-refractivity contribution in [3.63, 3.8) is 0 Å². The molecule has 3 heterocycles. The van der Waals surface area contributed by atoms with Crippen molar-refractivity contribution in [3.8, 4) is 0 Å². The van der Waals surface area contributed by atoms with Gasteiger partial charge in [0.15, 0.2) is 5.69 Å². The molecule has 0 bridgehead atoms. The summed E-state index contributed by atoms with van der Waals surface area (Å²) in [6, 6.07) is 1.46. The average molecular weight is 347 g/mol. The van der Waals surface area contributed by atoms with E-state index in [9.17, 15) is 9.59 Å². The van der Waals surface area contributed by atoms with E-state index in [1.54, 1.807) is 11.0 Å². The number of aromatic nitrogens is 3. The summed E-state index contributed by atoms with van der Waals surface area (Å²) in [6.07, 6.45) is 1.35. The molecule has 7 nitrogen and oxygen atoms in total. The SMILES string of the molecule is O=C(O)c1cn(C2CN(C(=O)c3cc(Cl)sc3Cl)C2)nn1. The van der Waals surface area contributed by atoms with Gasteiger partial charge in [-0.15, -0.1) is 16.4 Å². The number of hydrogen-bond acceptors (Lipinski definition) is 5. The lowest BCUT2D eigenvalue weighted by Gasteiger charge is -2.38. The molecule has 0 aromatic carbocycles. The van der Waals surface area contributed by atoms with E-state index in [4.69, 9.17) is 28.3 Å². The topological polar surface area (TPSA) is 88.3 Å². The highest BCUT2D eigenvalue weighted by Crippen LogP contribution is 2.33. The summed E-state index contributed by atoms with van der Waals surface area (Å²) in [5.41, 5.74) is 0.266. The Morgan fingerprint density at radius 3 is 2.62 bits per heavy atom. The fourth-order valence-electron chi connectivity index (χ4n) is 2.00. The van der Waals surface area contributed by atoms with Gasteiger partial charge in [-0.2, -0.15) is 0 Å². The zero-order valence-electron chi connectivity index (χ0n) is 10.4. The van der Waals surface area contributed by atoms with Crippen LogP contribution < -0.4 is 0 Å². The molecule has 2 aromatic heterocycles. The van der Waals surface area contributed by atoms with Crippen LogP contribution >= 0.6 is 34.5 Å². The van der Waals surface area contributed by atoms with Crippen molar-refractivity contribution in [1.82, 2.24) is 19.9 Å². The smallest absolute Gasteiger partial charge is 0.358 e. The number of carbonyl (C=O) groups excluding carboxylic acids is 1. The van der Waals surface area contributed by atoms with E-state index in [1.165, 1.54) is 10.9 Å².